The third-order valence-corrected chi connectivity index (χ3v) is 6.54. The van der Waals surface area contributed by atoms with Gasteiger partial charge in [-0.25, -0.2) is 0 Å². The van der Waals surface area contributed by atoms with E-state index in [1.165, 1.54) is 11.1 Å². The fourth-order valence-corrected chi connectivity index (χ4v) is 4.39. The molecule has 1 aliphatic heterocycles. The van der Waals surface area contributed by atoms with Crippen LogP contribution in [0.3, 0.4) is 0 Å². The van der Waals surface area contributed by atoms with Crippen molar-refractivity contribution in [3.05, 3.63) is 71.3 Å². The maximum atomic E-state index is 12.9. The Morgan fingerprint density at radius 2 is 1.81 bits per heavy atom. The molecule has 0 unspecified atom stereocenters. The lowest BCUT2D eigenvalue weighted by Crippen LogP contribution is -2.53. The predicted octanol–water partition coefficient (Wildman–Crippen LogP) is 3.50. The molecule has 2 aromatic rings. The van der Waals surface area contributed by atoms with Gasteiger partial charge in [-0.3, -0.25) is 4.79 Å². The Balaban J connectivity index is 1.51. The smallest absolute Gasteiger partial charge is 0.237 e. The number of hydrogen-bond donors (Lipinski definition) is 4. The minimum atomic E-state index is -0.944. The summed E-state index contributed by atoms with van der Waals surface area (Å²) in [7, 11) is 0. The van der Waals surface area contributed by atoms with Crippen molar-refractivity contribution in [3.63, 3.8) is 0 Å². The number of aliphatic hydroxyl groups is 2. The molecular weight excluding hydrogens is 400 g/mol. The zero-order chi connectivity index (χ0) is 23.1. The van der Waals surface area contributed by atoms with Crippen molar-refractivity contribution in [2.75, 3.05) is 13.2 Å². The lowest BCUT2D eigenvalue weighted by molar-refractivity contribution is -0.126. The molecule has 0 saturated carbocycles. The van der Waals surface area contributed by atoms with Crippen LogP contribution in [0.1, 0.15) is 62.8 Å². The Kier molecular flexibility index (Phi) is 8.46. The van der Waals surface area contributed by atoms with Crippen LogP contribution in [0.15, 0.2) is 54.6 Å². The fourth-order valence-electron chi connectivity index (χ4n) is 4.39. The van der Waals surface area contributed by atoms with Gasteiger partial charge in [0.05, 0.1) is 18.7 Å². The highest BCUT2D eigenvalue weighted by Crippen LogP contribution is 2.25. The Hall–Kier alpha value is -2.21. The molecule has 5 nitrogen and oxygen atoms in total. The van der Waals surface area contributed by atoms with E-state index in [-0.39, 0.29) is 24.0 Å². The van der Waals surface area contributed by atoms with Crippen molar-refractivity contribution in [1.82, 2.24) is 10.6 Å². The van der Waals surface area contributed by atoms with Crippen LogP contribution in [0.5, 0.6) is 0 Å². The van der Waals surface area contributed by atoms with Crippen molar-refractivity contribution in [1.29, 1.82) is 0 Å². The summed E-state index contributed by atoms with van der Waals surface area (Å²) in [6.45, 7) is 7.16. The Morgan fingerprint density at radius 3 is 2.44 bits per heavy atom. The predicted molar refractivity (Wildman–Crippen MR) is 128 cm³/mol. The van der Waals surface area contributed by atoms with Crippen LogP contribution in [-0.2, 0) is 16.6 Å². The molecule has 0 spiro atoms. The Labute approximate surface area is 192 Å². The first-order chi connectivity index (χ1) is 15.3. The van der Waals surface area contributed by atoms with E-state index in [0.717, 1.165) is 32.2 Å². The topological polar surface area (TPSA) is 81.6 Å². The SMILES string of the molecule is CC(C)(C)c1ccc(CC[C@@H]2CCN[C@H](C(=O)N[C@H](CO)[C@H](O)c3ccccc3)C2)cc1. The van der Waals surface area contributed by atoms with Gasteiger partial charge >= 0.3 is 0 Å². The van der Waals surface area contributed by atoms with Crippen LogP contribution >= 0.6 is 0 Å². The van der Waals surface area contributed by atoms with E-state index < -0.39 is 12.1 Å². The van der Waals surface area contributed by atoms with E-state index in [1.807, 2.05) is 18.2 Å². The van der Waals surface area contributed by atoms with Gasteiger partial charge in [-0.05, 0) is 60.3 Å². The molecule has 1 saturated heterocycles. The lowest BCUT2D eigenvalue weighted by atomic mass is 9.85. The number of nitrogens with one attached hydrogen (secondary N) is 2. The molecule has 1 heterocycles. The highest BCUT2D eigenvalue weighted by molar-refractivity contribution is 5.82. The standard InChI is InChI=1S/C27H38N2O3/c1-27(2,3)22-13-11-19(12-14-22)9-10-20-15-16-28-23(17-20)26(32)29-24(18-30)25(31)21-7-5-4-6-8-21/h4-8,11-14,20,23-25,28,30-31H,9-10,15-18H2,1-3H3,(H,29,32)/t20-,23+,24-,25-/m1/s1. The molecule has 0 radical (unpaired) electrons. The summed E-state index contributed by atoms with van der Waals surface area (Å²) < 4.78 is 0. The summed E-state index contributed by atoms with van der Waals surface area (Å²) in [5, 5.41) is 26.5. The number of piperidine rings is 1. The minimum absolute atomic E-state index is 0.154. The Bertz CT molecular complexity index is 845. The zero-order valence-electron chi connectivity index (χ0n) is 19.6. The molecule has 0 aliphatic carbocycles. The quantitative estimate of drug-likeness (QED) is 0.509. The average molecular weight is 439 g/mol. The van der Waals surface area contributed by atoms with Crippen molar-refractivity contribution in [2.45, 2.75) is 70.1 Å². The van der Waals surface area contributed by atoms with E-state index in [4.69, 9.17) is 0 Å². The molecular formula is C27H38N2O3. The highest BCUT2D eigenvalue weighted by atomic mass is 16.3. The molecule has 0 aromatic heterocycles. The molecule has 4 atom stereocenters. The van der Waals surface area contributed by atoms with E-state index in [9.17, 15) is 15.0 Å². The number of aliphatic hydroxyl groups excluding tert-OH is 2. The van der Waals surface area contributed by atoms with Gasteiger partial charge in [-0.15, -0.1) is 0 Å². The molecule has 1 fully saturated rings. The van der Waals surface area contributed by atoms with Gasteiger partial charge in [0.25, 0.3) is 0 Å². The first kappa shape index (κ1) is 24.4. The minimum Gasteiger partial charge on any atom is -0.394 e. The zero-order valence-corrected chi connectivity index (χ0v) is 19.6. The lowest BCUT2D eigenvalue weighted by Gasteiger charge is -2.31. The van der Waals surface area contributed by atoms with Gasteiger partial charge in [0.2, 0.25) is 5.91 Å². The number of amides is 1. The largest absolute Gasteiger partial charge is 0.394 e. The second-order valence-corrected chi connectivity index (χ2v) is 10.0. The molecule has 2 aromatic carbocycles. The van der Waals surface area contributed by atoms with E-state index in [2.05, 4.69) is 55.7 Å². The van der Waals surface area contributed by atoms with Gasteiger partial charge in [0.15, 0.2) is 0 Å². The van der Waals surface area contributed by atoms with Gasteiger partial charge in [0.1, 0.15) is 6.10 Å². The Morgan fingerprint density at radius 1 is 1.12 bits per heavy atom. The number of hydrogen-bond acceptors (Lipinski definition) is 4. The molecule has 1 amide bonds. The summed E-state index contributed by atoms with van der Waals surface area (Å²) >= 11 is 0. The third-order valence-electron chi connectivity index (χ3n) is 6.54. The van der Waals surface area contributed by atoms with Crippen molar-refractivity contribution in [3.8, 4) is 0 Å². The molecule has 32 heavy (non-hydrogen) atoms. The summed E-state index contributed by atoms with van der Waals surface area (Å²) in [4.78, 5) is 12.9. The average Bonchev–Trinajstić information content (AvgIpc) is 2.81. The number of rotatable bonds is 8. The number of carbonyl (C=O) groups excluding carboxylic acids is 1. The fraction of sp³-hybridized carbons (Fsp3) is 0.519. The van der Waals surface area contributed by atoms with Crippen LogP contribution in [0.4, 0.5) is 0 Å². The van der Waals surface area contributed by atoms with Gasteiger partial charge < -0.3 is 20.8 Å². The van der Waals surface area contributed by atoms with Crippen LogP contribution in [0, 0.1) is 5.92 Å². The van der Waals surface area contributed by atoms with Crippen LogP contribution in [0.2, 0.25) is 0 Å². The van der Waals surface area contributed by atoms with E-state index in [0.29, 0.717) is 11.5 Å². The summed E-state index contributed by atoms with van der Waals surface area (Å²) in [5.41, 5.74) is 3.52. The monoisotopic (exact) mass is 438 g/mol. The maximum absolute atomic E-state index is 12.9. The molecule has 1 aliphatic rings. The first-order valence-corrected chi connectivity index (χ1v) is 11.7. The van der Waals surface area contributed by atoms with Crippen molar-refractivity contribution < 1.29 is 15.0 Å². The van der Waals surface area contributed by atoms with Crippen LogP contribution in [0.25, 0.3) is 0 Å². The number of carbonyl (C=O) groups is 1. The van der Waals surface area contributed by atoms with Crippen molar-refractivity contribution in [2.24, 2.45) is 5.92 Å². The van der Waals surface area contributed by atoms with E-state index >= 15 is 0 Å². The summed E-state index contributed by atoms with van der Waals surface area (Å²) in [5.74, 6) is 0.319. The molecule has 4 N–H and O–H groups in total. The van der Waals surface area contributed by atoms with Crippen LogP contribution < -0.4 is 10.6 Å². The third kappa shape index (κ3) is 6.64. The summed E-state index contributed by atoms with van der Waals surface area (Å²) in [6, 6.07) is 17.0. The van der Waals surface area contributed by atoms with Gasteiger partial charge in [-0.1, -0.05) is 75.4 Å². The molecule has 174 valence electrons. The molecule has 5 heteroatoms. The van der Waals surface area contributed by atoms with Crippen molar-refractivity contribution >= 4 is 5.91 Å². The maximum Gasteiger partial charge on any atom is 0.237 e. The van der Waals surface area contributed by atoms with Crippen LogP contribution in [-0.4, -0.2) is 41.4 Å². The molecule has 0 bridgehead atoms. The van der Waals surface area contributed by atoms with E-state index in [1.54, 1.807) is 12.1 Å². The normalized spacial score (nSPS) is 21.0. The molecule has 3 rings (SSSR count). The van der Waals surface area contributed by atoms with Gasteiger partial charge in [0, 0.05) is 0 Å². The van der Waals surface area contributed by atoms with Gasteiger partial charge in [-0.2, -0.15) is 0 Å². The first-order valence-electron chi connectivity index (χ1n) is 11.7. The second kappa shape index (κ2) is 11.1. The number of aryl methyl sites for hydroxylation is 1. The highest BCUT2D eigenvalue weighted by Gasteiger charge is 2.30. The number of benzene rings is 2. The second-order valence-electron chi connectivity index (χ2n) is 10.0. The summed E-state index contributed by atoms with van der Waals surface area (Å²) in [6.07, 6.45) is 2.94.